The van der Waals surface area contributed by atoms with E-state index in [1.807, 2.05) is 43.3 Å². The predicted molar refractivity (Wildman–Crippen MR) is 98.9 cm³/mol. The normalized spacial score (nSPS) is 20.9. The molecule has 0 spiro atoms. The lowest BCUT2D eigenvalue weighted by Gasteiger charge is -2.52. The molecule has 2 N–H and O–H groups in total. The van der Waals surface area contributed by atoms with Crippen molar-refractivity contribution in [1.29, 1.82) is 0 Å². The Morgan fingerprint density at radius 2 is 2.12 bits per heavy atom. The van der Waals surface area contributed by atoms with E-state index in [1.165, 1.54) is 0 Å². The van der Waals surface area contributed by atoms with Crippen molar-refractivity contribution in [2.45, 2.75) is 46.3 Å². The Bertz CT molecular complexity index is 727. The lowest BCUT2D eigenvalue weighted by atomic mass is 9.57. The van der Waals surface area contributed by atoms with Gasteiger partial charge in [-0.25, -0.2) is 4.79 Å². The summed E-state index contributed by atoms with van der Waals surface area (Å²) in [5.74, 6) is 1.99. The maximum Gasteiger partial charge on any atom is 0.315 e. The molecule has 6 heteroatoms. The van der Waals surface area contributed by atoms with Crippen LogP contribution in [-0.4, -0.2) is 23.8 Å². The molecule has 1 fully saturated rings. The Balaban J connectivity index is 1.49. The summed E-state index contributed by atoms with van der Waals surface area (Å²) in [4.78, 5) is 11.7. The van der Waals surface area contributed by atoms with Gasteiger partial charge in [-0.15, -0.1) is 0 Å². The van der Waals surface area contributed by atoms with Crippen molar-refractivity contribution >= 4 is 6.03 Å². The Morgan fingerprint density at radius 1 is 1.35 bits per heavy atom. The first-order valence-corrected chi connectivity index (χ1v) is 9.15. The van der Waals surface area contributed by atoms with Gasteiger partial charge < -0.3 is 19.9 Å². The quantitative estimate of drug-likeness (QED) is 0.795. The first-order chi connectivity index (χ1) is 12.5. The summed E-state index contributed by atoms with van der Waals surface area (Å²) in [5, 5.41) is 10.0. The second-order valence-electron chi connectivity index (χ2n) is 7.40. The fraction of sp³-hybridized carbons (Fsp3) is 0.500. The highest BCUT2D eigenvalue weighted by Gasteiger charge is 2.48. The number of rotatable bonds is 7. The summed E-state index contributed by atoms with van der Waals surface area (Å²) >= 11 is 0. The predicted octanol–water partition coefficient (Wildman–Crippen LogP) is 3.53. The molecule has 1 aliphatic rings. The molecule has 1 aliphatic carbocycles. The van der Waals surface area contributed by atoms with Crippen LogP contribution >= 0.6 is 0 Å². The molecule has 2 unspecified atom stereocenters. The van der Waals surface area contributed by atoms with E-state index in [4.69, 9.17) is 9.26 Å². The Morgan fingerprint density at radius 3 is 2.81 bits per heavy atom. The largest absolute Gasteiger partial charge is 0.486 e. The number of nitrogens with one attached hydrogen (secondary N) is 2. The minimum Gasteiger partial charge on any atom is -0.486 e. The molecule has 0 radical (unpaired) electrons. The van der Waals surface area contributed by atoms with Gasteiger partial charge in [0.05, 0.1) is 5.69 Å². The van der Waals surface area contributed by atoms with Crippen LogP contribution < -0.4 is 15.4 Å². The SMILES string of the molecule is CCNC(=O)NC1CC(Cc2cc(COc3ccccc3)on2)C1(C)C. The third kappa shape index (κ3) is 4.18. The third-order valence-corrected chi connectivity index (χ3v) is 5.30. The van der Waals surface area contributed by atoms with Crippen LogP contribution in [0.15, 0.2) is 40.9 Å². The van der Waals surface area contributed by atoms with E-state index in [9.17, 15) is 4.79 Å². The van der Waals surface area contributed by atoms with E-state index >= 15 is 0 Å². The van der Waals surface area contributed by atoms with E-state index in [0.29, 0.717) is 19.1 Å². The van der Waals surface area contributed by atoms with Crippen molar-refractivity contribution in [3.63, 3.8) is 0 Å². The summed E-state index contributed by atoms with van der Waals surface area (Å²) in [6, 6.07) is 11.7. The molecule has 1 aromatic carbocycles. The smallest absolute Gasteiger partial charge is 0.315 e. The number of benzene rings is 1. The highest BCUT2D eigenvalue weighted by atomic mass is 16.5. The maximum absolute atomic E-state index is 11.7. The number of hydrogen-bond acceptors (Lipinski definition) is 4. The van der Waals surface area contributed by atoms with E-state index in [2.05, 4.69) is 29.6 Å². The second kappa shape index (κ2) is 7.81. The molecule has 0 aliphatic heterocycles. The Labute approximate surface area is 154 Å². The number of para-hydroxylation sites is 1. The number of nitrogens with zero attached hydrogens (tertiary/aromatic N) is 1. The van der Waals surface area contributed by atoms with Gasteiger partial charge >= 0.3 is 6.03 Å². The van der Waals surface area contributed by atoms with Crippen LogP contribution in [0.3, 0.4) is 0 Å². The van der Waals surface area contributed by atoms with Gasteiger partial charge in [0.15, 0.2) is 5.76 Å². The summed E-state index contributed by atoms with van der Waals surface area (Å²) in [6.07, 6.45) is 1.79. The van der Waals surface area contributed by atoms with Crippen molar-refractivity contribution < 1.29 is 14.1 Å². The molecule has 26 heavy (non-hydrogen) atoms. The minimum atomic E-state index is -0.0918. The fourth-order valence-corrected chi connectivity index (χ4v) is 3.42. The van der Waals surface area contributed by atoms with Gasteiger partial charge in [0.1, 0.15) is 12.4 Å². The fourth-order valence-electron chi connectivity index (χ4n) is 3.42. The Kier molecular flexibility index (Phi) is 5.49. The zero-order valence-electron chi connectivity index (χ0n) is 15.6. The van der Waals surface area contributed by atoms with Gasteiger partial charge in [-0.2, -0.15) is 0 Å². The topological polar surface area (TPSA) is 76.4 Å². The van der Waals surface area contributed by atoms with Crippen molar-refractivity contribution in [3.8, 4) is 5.75 Å². The lowest BCUT2D eigenvalue weighted by molar-refractivity contribution is 0.0201. The number of carbonyl (C=O) groups excluding carboxylic acids is 1. The third-order valence-electron chi connectivity index (χ3n) is 5.30. The molecule has 0 saturated heterocycles. The standard InChI is InChI=1S/C20H27N3O3/c1-4-21-19(24)22-18-11-14(20(18,2)3)10-15-12-17(26-23-15)13-25-16-8-6-5-7-9-16/h5-9,12,14,18H,4,10-11,13H2,1-3H3,(H2,21,22,24). The number of amides is 2. The van der Waals surface area contributed by atoms with Crippen LogP contribution in [0.2, 0.25) is 0 Å². The molecule has 1 heterocycles. The van der Waals surface area contributed by atoms with Crippen LogP contribution in [0.4, 0.5) is 4.79 Å². The van der Waals surface area contributed by atoms with E-state index in [1.54, 1.807) is 0 Å². The molecular weight excluding hydrogens is 330 g/mol. The lowest BCUT2D eigenvalue weighted by Crippen LogP contribution is -2.60. The van der Waals surface area contributed by atoms with Crippen molar-refractivity contribution in [3.05, 3.63) is 47.9 Å². The molecule has 1 aromatic heterocycles. The number of aromatic nitrogens is 1. The van der Waals surface area contributed by atoms with Crippen molar-refractivity contribution in [1.82, 2.24) is 15.8 Å². The second-order valence-corrected chi connectivity index (χ2v) is 7.40. The molecule has 0 bridgehead atoms. The van der Waals surface area contributed by atoms with E-state index in [0.717, 1.165) is 30.0 Å². The average Bonchev–Trinajstić information content (AvgIpc) is 3.08. The molecular formula is C20H27N3O3. The summed E-state index contributed by atoms with van der Waals surface area (Å²) in [7, 11) is 0. The molecule has 1 saturated carbocycles. The van der Waals surface area contributed by atoms with Crippen LogP contribution in [0.5, 0.6) is 5.75 Å². The van der Waals surface area contributed by atoms with E-state index < -0.39 is 0 Å². The monoisotopic (exact) mass is 357 g/mol. The number of carbonyl (C=O) groups is 1. The van der Waals surface area contributed by atoms with Crippen molar-refractivity contribution in [2.24, 2.45) is 11.3 Å². The summed E-state index contributed by atoms with van der Waals surface area (Å²) in [6.45, 7) is 7.30. The highest BCUT2D eigenvalue weighted by molar-refractivity contribution is 5.74. The van der Waals surface area contributed by atoms with E-state index in [-0.39, 0.29) is 17.5 Å². The number of hydrogen-bond donors (Lipinski definition) is 2. The van der Waals surface area contributed by atoms with Crippen molar-refractivity contribution in [2.75, 3.05) is 6.54 Å². The summed E-state index contributed by atoms with van der Waals surface area (Å²) in [5.41, 5.74) is 0.969. The molecule has 2 amide bonds. The highest BCUT2D eigenvalue weighted by Crippen LogP contribution is 2.47. The zero-order chi connectivity index (χ0) is 18.6. The van der Waals surface area contributed by atoms with Gasteiger partial charge in [0, 0.05) is 18.7 Å². The minimum absolute atomic E-state index is 0.0325. The van der Waals surface area contributed by atoms with Crippen LogP contribution in [0.25, 0.3) is 0 Å². The Hall–Kier alpha value is -2.50. The molecule has 140 valence electrons. The molecule has 3 rings (SSSR count). The van der Waals surface area contributed by atoms with Gasteiger partial charge in [0.2, 0.25) is 0 Å². The van der Waals surface area contributed by atoms with Gasteiger partial charge in [0.25, 0.3) is 0 Å². The number of urea groups is 1. The summed E-state index contributed by atoms with van der Waals surface area (Å²) < 4.78 is 11.1. The van der Waals surface area contributed by atoms with Gasteiger partial charge in [-0.05, 0) is 43.2 Å². The molecule has 2 atom stereocenters. The van der Waals surface area contributed by atoms with Gasteiger partial charge in [-0.1, -0.05) is 37.2 Å². The average molecular weight is 357 g/mol. The first-order valence-electron chi connectivity index (χ1n) is 9.15. The van der Waals surface area contributed by atoms with Crippen LogP contribution in [0, 0.1) is 11.3 Å². The van der Waals surface area contributed by atoms with Gasteiger partial charge in [-0.3, -0.25) is 0 Å². The molecule has 2 aromatic rings. The van der Waals surface area contributed by atoms with Crippen LogP contribution in [-0.2, 0) is 13.0 Å². The molecule has 6 nitrogen and oxygen atoms in total. The number of ether oxygens (including phenoxy) is 1. The first kappa shape index (κ1) is 18.3. The van der Waals surface area contributed by atoms with Crippen LogP contribution in [0.1, 0.15) is 38.6 Å². The maximum atomic E-state index is 11.7. The zero-order valence-corrected chi connectivity index (χ0v) is 15.6.